The average Bonchev–Trinajstić information content (AvgIpc) is 2.79. The molecule has 0 spiro atoms. The molecule has 1 aromatic heterocycles. The van der Waals surface area contributed by atoms with Gasteiger partial charge < -0.3 is 10.6 Å². The van der Waals surface area contributed by atoms with Gasteiger partial charge in [-0.2, -0.15) is 0 Å². The van der Waals surface area contributed by atoms with Crippen molar-refractivity contribution < 1.29 is 9.59 Å². The number of benzene rings is 1. The first-order chi connectivity index (χ1) is 14.7. The summed E-state index contributed by atoms with van der Waals surface area (Å²) in [5.41, 5.74) is 3.16. The van der Waals surface area contributed by atoms with Gasteiger partial charge in [0.05, 0.1) is 11.3 Å². The van der Waals surface area contributed by atoms with E-state index in [4.69, 9.17) is 0 Å². The molecule has 0 saturated heterocycles. The minimum Gasteiger partial charge on any atom is -0.355 e. The van der Waals surface area contributed by atoms with Gasteiger partial charge in [0.2, 0.25) is 5.91 Å². The molecular formula is C24H29N3O2S. The number of nitrogens with one attached hydrogen (secondary N) is 2. The quantitative estimate of drug-likeness (QED) is 0.445. The number of hydrogen-bond acceptors (Lipinski definition) is 4. The maximum Gasteiger partial charge on any atom is 0.254 e. The van der Waals surface area contributed by atoms with E-state index in [9.17, 15) is 9.59 Å². The Morgan fingerprint density at radius 3 is 2.60 bits per heavy atom. The average molecular weight is 424 g/mol. The van der Waals surface area contributed by atoms with E-state index in [-0.39, 0.29) is 17.6 Å². The topological polar surface area (TPSA) is 71.1 Å². The number of rotatable bonds is 10. The zero-order valence-electron chi connectivity index (χ0n) is 17.2. The normalized spacial score (nSPS) is 13.4. The number of allylic oxidation sites excluding steroid dienone is 1. The number of thioether (sulfide) groups is 1. The molecule has 5 nitrogen and oxygen atoms in total. The molecule has 2 amide bonds. The summed E-state index contributed by atoms with van der Waals surface area (Å²) < 4.78 is 0. The van der Waals surface area contributed by atoms with Crippen molar-refractivity contribution >= 4 is 23.6 Å². The molecule has 30 heavy (non-hydrogen) atoms. The Labute approximate surface area is 182 Å². The van der Waals surface area contributed by atoms with E-state index in [0.29, 0.717) is 23.7 Å². The van der Waals surface area contributed by atoms with Gasteiger partial charge in [-0.25, -0.2) is 4.98 Å². The maximum absolute atomic E-state index is 12.6. The van der Waals surface area contributed by atoms with Crippen molar-refractivity contribution in [2.75, 3.05) is 18.8 Å². The van der Waals surface area contributed by atoms with Gasteiger partial charge in [-0.05, 0) is 56.2 Å². The first kappa shape index (κ1) is 22.1. The van der Waals surface area contributed by atoms with Gasteiger partial charge in [0.15, 0.2) is 0 Å². The smallest absolute Gasteiger partial charge is 0.254 e. The molecule has 0 atom stereocenters. The van der Waals surface area contributed by atoms with Crippen LogP contribution in [0, 0.1) is 0 Å². The maximum atomic E-state index is 12.6. The van der Waals surface area contributed by atoms with Crippen molar-refractivity contribution in [1.29, 1.82) is 0 Å². The summed E-state index contributed by atoms with van der Waals surface area (Å²) in [5.74, 6) is 0.0440. The summed E-state index contributed by atoms with van der Waals surface area (Å²) in [6, 6.07) is 13.6. The number of carbonyl (C=O) groups is 2. The second-order valence-corrected chi connectivity index (χ2v) is 8.31. The van der Waals surface area contributed by atoms with Gasteiger partial charge in [-0.1, -0.05) is 53.7 Å². The zero-order valence-corrected chi connectivity index (χ0v) is 18.0. The molecule has 1 aliphatic rings. The molecule has 158 valence electrons. The van der Waals surface area contributed by atoms with Crippen molar-refractivity contribution in [3.63, 3.8) is 0 Å². The van der Waals surface area contributed by atoms with Gasteiger partial charge in [0, 0.05) is 19.3 Å². The van der Waals surface area contributed by atoms with E-state index >= 15 is 0 Å². The van der Waals surface area contributed by atoms with Crippen molar-refractivity contribution in [1.82, 2.24) is 15.6 Å². The molecule has 2 N–H and O–H groups in total. The van der Waals surface area contributed by atoms with Crippen molar-refractivity contribution in [2.24, 2.45) is 0 Å². The Kier molecular flexibility index (Phi) is 8.97. The minimum atomic E-state index is -0.133. The summed E-state index contributed by atoms with van der Waals surface area (Å²) in [7, 11) is 0. The van der Waals surface area contributed by atoms with Crippen LogP contribution in [0.5, 0.6) is 0 Å². The third kappa shape index (κ3) is 7.34. The summed E-state index contributed by atoms with van der Waals surface area (Å²) in [5, 5.41) is 6.51. The Bertz CT molecular complexity index is 868. The summed E-state index contributed by atoms with van der Waals surface area (Å²) >= 11 is 1.30. The molecule has 3 rings (SSSR count). The molecule has 2 aromatic rings. The monoisotopic (exact) mass is 423 g/mol. The van der Waals surface area contributed by atoms with E-state index in [1.807, 2.05) is 30.3 Å². The molecule has 0 bridgehead atoms. The van der Waals surface area contributed by atoms with Gasteiger partial charge >= 0.3 is 0 Å². The van der Waals surface area contributed by atoms with Crippen LogP contribution < -0.4 is 10.6 Å². The number of pyridine rings is 1. The van der Waals surface area contributed by atoms with Crippen LogP contribution in [0.2, 0.25) is 0 Å². The minimum absolute atomic E-state index is 0.0582. The van der Waals surface area contributed by atoms with E-state index in [0.717, 1.165) is 25.7 Å². The molecule has 0 saturated carbocycles. The van der Waals surface area contributed by atoms with Crippen LogP contribution in [-0.2, 0) is 11.2 Å². The Hall–Kier alpha value is -2.60. The molecule has 1 aromatic carbocycles. The van der Waals surface area contributed by atoms with Gasteiger partial charge in [-0.3, -0.25) is 9.59 Å². The summed E-state index contributed by atoms with van der Waals surface area (Å²) in [6.07, 6.45) is 10.5. The third-order valence-electron chi connectivity index (χ3n) is 5.05. The molecule has 1 aliphatic carbocycles. The number of amides is 2. The van der Waals surface area contributed by atoms with Crippen molar-refractivity contribution in [3.05, 3.63) is 71.4 Å². The van der Waals surface area contributed by atoms with Crippen molar-refractivity contribution in [2.45, 2.75) is 43.6 Å². The first-order valence-corrected chi connectivity index (χ1v) is 11.6. The lowest BCUT2D eigenvalue weighted by Crippen LogP contribution is -2.28. The Morgan fingerprint density at radius 1 is 0.967 bits per heavy atom. The molecule has 0 aliphatic heterocycles. The first-order valence-electron chi connectivity index (χ1n) is 10.6. The Balaban J connectivity index is 1.42. The standard InChI is InChI=1S/C24H29N3O2S/c28-22(25-16-13-19-8-3-1-4-9-19)18-30-24-21(12-7-15-27-24)23(29)26-17-14-20-10-5-2-6-11-20/h1,3-4,7-10,12,15H,2,5-6,11,13-14,16-18H2,(H,25,28)(H,26,29). The molecular weight excluding hydrogens is 394 g/mol. The van der Waals surface area contributed by atoms with E-state index < -0.39 is 0 Å². The van der Waals surface area contributed by atoms with Crippen LogP contribution >= 0.6 is 11.8 Å². The number of aromatic nitrogens is 1. The predicted molar refractivity (Wildman–Crippen MR) is 122 cm³/mol. The highest BCUT2D eigenvalue weighted by atomic mass is 32.2. The molecule has 0 fully saturated rings. The highest BCUT2D eigenvalue weighted by molar-refractivity contribution is 8.00. The largest absolute Gasteiger partial charge is 0.355 e. The highest BCUT2D eigenvalue weighted by Gasteiger charge is 2.14. The molecule has 1 heterocycles. The van der Waals surface area contributed by atoms with E-state index in [2.05, 4.69) is 21.7 Å². The lowest BCUT2D eigenvalue weighted by Gasteiger charge is -2.13. The zero-order chi connectivity index (χ0) is 21.0. The van der Waals surface area contributed by atoms with Gasteiger partial charge in [0.25, 0.3) is 5.91 Å². The summed E-state index contributed by atoms with van der Waals surface area (Å²) in [6.45, 7) is 1.22. The van der Waals surface area contributed by atoms with Crippen molar-refractivity contribution in [3.8, 4) is 0 Å². The van der Waals surface area contributed by atoms with Crippen LogP contribution in [-0.4, -0.2) is 35.6 Å². The Morgan fingerprint density at radius 2 is 1.80 bits per heavy atom. The number of hydrogen-bond donors (Lipinski definition) is 2. The number of carbonyl (C=O) groups excluding carboxylic acids is 2. The predicted octanol–water partition coefficient (Wildman–Crippen LogP) is 4.15. The highest BCUT2D eigenvalue weighted by Crippen LogP contribution is 2.21. The fourth-order valence-electron chi connectivity index (χ4n) is 3.42. The van der Waals surface area contributed by atoms with E-state index in [1.165, 1.54) is 35.7 Å². The SMILES string of the molecule is O=C(CSc1ncccc1C(=O)NCCC1=CCCCC1)NCCc1ccccc1. The fourth-order valence-corrected chi connectivity index (χ4v) is 4.24. The number of nitrogens with zero attached hydrogens (tertiary/aromatic N) is 1. The van der Waals surface area contributed by atoms with E-state index in [1.54, 1.807) is 18.3 Å². The van der Waals surface area contributed by atoms with Gasteiger partial charge in [0.1, 0.15) is 5.03 Å². The molecule has 0 unspecified atom stereocenters. The van der Waals surface area contributed by atoms with Crippen LogP contribution in [0.15, 0.2) is 65.3 Å². The second-order valence-electron chi connectivity index (χ2n) is 7.34. The van der Waals surface area contributed by atoms with Gasteiger partial charge in [-0.15, -0.1) is 0 Å². The van der Waals surface area contributed by atoms with Crippen LogP contribution in [0.1, 0.15) is 48.0 Å². The van der Waals surface area contributed by atoms with Crippen LogP contribution in [0.4, 0.5) is 0 Å². The fraction of sp³-hybridized carbons (Fsp3) is 0.375. The molecule has 6 heteroatoms. The third-order valence-corrected chi connectivity index (χ3v) is 6.06. The summed E-state index contributed by atoms with van der Waals surface area (Å²) in [4.78, 5) is 29.1. The lowest BCUT2D eigenvalue weighted by atomic mass is 9.97. The molecule has 0 radical (unpaired) electrons. The van der Waals surface area contributed by atoms with Crippen LogP contribution in [0.3, 0.4) is 0 Å². The second kappa shape index (κ2) is 12.2. The lowest BCUT2D eigenvalue weighted by molar-refractivity contribution is -0.118. The van der Waals surface area contributed by atoms with Crippen LogP contribution in [0.25, 0.3) is 0 Å².